The average Bonchev–Trinajstić information content (AvgIpc) is 3.26. The lowest BCUT2D eigenvalue weighted by Crippen LogP contribution is -2.28. The summed E-state index contributed by atoms with van der Waals surface area (Å²) in [7, 11) is 0. The third-order valence-corrected chi connectivity index (χ3v) is 4.19. The van der Waals surface area contributed by atoms with Gasteiger partial charge in [0.15, 0.2) is 5.82 Å². The minimum absolute atomic E-state index is 0.311. The van der Waals surface area contributed by atoms with Gasteiger partial charge in [-0.1, -0.05) is 64.6 Å². The predicted molar refractivity (Wildman–Crippen MR) is 89.5 cm³/mol. The number of nitrogens with one attached hydrogen (secondary N) is 1. The monoisotopic (exact) mass is 377 g/mol. The van der Waals surface area contributed by atoms with Gasteiger partial charge in [0.05, 0.1) is 11.4 Å². The summed E-state index contributed by atoms with van der Waals surface area (Å²) in [4.78, 5) is 12.0. The van der Waals surface area contributed by atoms with E-state index in [0.29, 0.717) is 16.8 Å². The van der Waals surface area contributed by atoms with E-state index in [0.717, 1.165) is 24.2 Å². The number of rotatable bonds is 3. The van der Waals surface area contributed by atoms with Crippen LogP contribution in [0.2, 0.25) is 5.02 Å². The molecule has 1 heterocycles. The lowest BCUT2D eigenvalue weighted by atomic mass is 10.3. The first kappa shape index (κ1) is 15.9. The quantitative estimate of drug-likeness (QED) is 0.786. The fourth-order valence-corrected chi connectivity index (χ4v) is 2.54. The van der Waals surface area contributed by atoms with Crippen LogP contribution in [-0.2, 0) is 4.79 Å². The highest BCUT2D eigenvalue weighted by Crippen LogP contribution is 2.45. The summed E-state index contributed by atoms with van der Waals surface area (Å²) < 4.78 is -0.515. The molecule has 1 saturated carbocycles. The Morgan fingerprint density at radius 2 is 1.86 bits per heavy atom. The molecule has 22 heavy (non-hydrogen) atoms. The molecule has 0 aliphatic heterocycles. The number of halogens is 4. The van der Waals surface area contributed by atoms with Crippen LogP contribution in [0, 0.1) is 0 Å². The molecule has 0 atom stereocenters. The Morgan fingerprint density at radius 1 is 1.23 bits per heavy atom. The minimum atomic E-state index is -2.07. The zero-order valence-electron chi connectivity index (χ0n) is 11.2. The number of benzene rings is 1. The standard InChI is InChI=1S/C14H11Cl4N3O/c15-10-11(8-6-7-8)20-21(9-4-2-1-3-5-9)12(10)19-13(22)14(16,17)18/h1-5,8H,6-7H2,(H,19,22). The molecular formula is C14H11Cl4N3O. The molecule has 1 aromatic carbocycles. The molecule has 1 aromatic heterocycles. The van der Waals surface area contributed by atoms with Crippen molar-refractivity contribution in [3.05, 3.63) is 41.0 Å². The third kappa shape index (κ3) is 3.20. The van der Waals surface area contributed by atoms with Gasteiger partial charge in [-0.2, -0.15) is 5.10 Å². The first-order valence-corrected chi connectivity index (χ1v) is 8.11. The van der Waals surface area contributed by atoms with Crippen LogP contribution in [-0.4, -0.2) is 19.5 Å². The van der Waals surface area contributed by atoms with Gasteiger partial charge in [0.25, 0.3) is 9.70 Å². The number of anilines is 1. The Morgan fingerprint density at radius 3 is 2.41 bits per heavy atom. The van der Waals surface area contributed by atoms with E-state index in [4.69, 9.17) is 46.4 Å². The second-order valence-corrected chi connectivity index (χ2v) is 7.68. The summed E-state index contributed by atoms with van der Waals surface area (Å²) in [5, 5.41) is 7.46. The molecule has 0 unspecified atom stereocenters. The van der Waals surface area contributed by atoms with Gasteiger partial charge < -0.3 is 5.32 Å². The lowest BCUT2D eigenvalue weighted by molar-refractivity contribution is -0.115. The van der Waals surface area contributed by atoms with Crippen molar-refractivity contribution in [2.45, 2.75) is 22.6 Å². The van der Waals surface area contributed by atoms with Gasteiger partial charge >= 0.3 is 0 Å². The highest BCUT2D eigenvalue weighted by atomic mass is 35.6. The molecule has 0 spiro atoms. The summed E-state index contributed by atoms with van der Waals surface area (Å²) in [6, 6.07) is 9.32. The molecule has 1 N–H and O–H groups in total. The van der Waals surface area contributed by atoms with Crippen LogP contribution in [0.3, 0.4) is 0 Å². The Bertz CT molecular complexity index is 705. The van der Waals surface area contributed by atoms with Crippen LogP contribution in [0.25, 0.3) is 5.69 Å². The van der Waals surface area contributed by atoms with Gasteiger partial charge in [0.1, 0.15) is 5.02 Å². The number of alkyl halides is 3. The van der Waals surface area contributed by atoms with Crippen LogP contribution in [0.5, 0.6) is 0 Å². The zero-order chi connectivity index (χ0) is 15.9. The fraction of sp³-hybridized carbons (Fsp3) is 0.286. The molecule has 1 aliphatic rings. The second kappa shape index (κ2) is 5.93. The molecule has 2 aromatic rings. The van der Waals surface area contributed by atoms with E-state index in [2.05, 4.69) is 10.4 Å². The molecule has 1 amide bonds. The topological polar surface area (TPSA) is 46.9 Å². The van der Waals surface area contributed by atoms with Crippen LogP contribution in [0.4, 0.5) is 5.82 Å². The molecule has 0 bridgehead atoms. The number of carbonyl (C=O) groups is 1. The normalized spacial score (nSPS) is 14.9. The Labute approximate surface area is 147 Å². The minimum Gasteiger partial charge on any atom is -0.306 e. The second-order valence-electron chi connectivity index (χ2n) is 5.02. The van der Waals surface area contributed by atoms with Gasteiger partial charge in [-0.05, 0) is 25.0 Å². The van der Waals surface area contributed by atoms with Gasteiger partial charge in [0.2, 0.25) is 0 Å². The molecule has 0 radical (unpaired) electrons. The number of para-hydroxylation sites is 1. The molecule has 0 saturated heterocycles. The maximum atomic E-state index is 12.0. The van der Waals surface area contributed by atoms with Gasteiger partial charge in [0, 0.05) is 5.92 Å². The maximum Gasteiger partial charge on any atom is 0.277 e. The van der Waals surface area contributed by atoms with E-state index in [-0.39, 0.29) is 0 Å². The number of nitrogens with zero attached hydrogens (tertiary/aromatic N) is 2. The van der Waals surface area contributed by atoms with Crippen molar-refractivity contribution >= 4 is 58.1 Å². The van der Waals surface area contributed by atoms with Crippen molar-refractivity contribution in [2.75, 3.05) is 5.32 Å². The summed E-state index contributed by atoms with van der Waals surface area (Å²) in [6.07, 6.45) is 2.06. The van der Waals surface area contributed by atoms with Crippen LogP contribution in [0.15, 0.2) is 30.3 Å². The van der Waals surface area contributed by atoms with E-state index in [9.17, 15) is 4.79 Å². The molecule has 116 valence electrons. The summed E-state index contributed by atoms with van der Waals surface area (Å²) >= 11 is 23.2. The van der Waals surface area contributed by atoms with Crippen LogP contribution in [0.1, 0.15) is 24.5 Å². The van der Waals surface area contributed by atoms with Gasteiger partial charge in [-0.25, -0.2) is 4.68 Å². The largest absolute Gasteiger partial charge is 0.306 e. The number of carbonyl (C=O) groups excluding carboxylic acids is 1. The van der Waals surface area contributed by atoms with Crippen molar-refractivity contribution in [3.8, 4) is 5.69 Å². The summed E-state index contributed by atoms with van der Waals surface area (Å²) in [6.45, 7) is 0. The predicted octanol–water partition coefficient (Wildman–Crippen LogP) is 4.71. The Kier molecular flexibility index (Phi) is 4.29. The molecule has 4 nitrogen and oxygen atoms in total. The molecular weight excluding hydrogens is 368 g/mol. The number of amides is 1. The van der Waals surface area contributed by atoms with E-state index in [1.807, 2.05) is 30.3 Å². The van der Waals surface area contributed by atoms with E-state index < -0.39 is 9.70 Å². The molecule has 8 heteroatoms. The highest BCUT2D eigenvalue weighted by Gasteiger charge is 2.35. The average molecular weight is 379 g/mol. The molecule has 1 fully saturated rings. The van der Waals surface area contributed by atoms with Crippen molar-refractivity contribution in [2.24, 2.45) is 0 Å². The summed E-state index contributed by atoms with van der Waals surface area (Å²) in [5.74, 6) is -0.147. The smallest absolute Gasteiger partial charge is 0.277 e. The van der Waals surface area contributed by atoms with Crippen molar-refractivity contribution in [1.29, 1.82) is 0 Å². The Balaban J connectivity index is 2.05. The highest BCUT2D eigenvalue weighted by molar-refractivity contribution is 6.76. The van der Waals surface area contributed by atoms with Crippen LogP contribution < -0.4 is 5.32 Å². The molecule has 3 rings (SSSR count). The first-order chi connectivity index (χ1) is 10.4. The van der Waals surface area contributed by atoms with E-state index in [1.165, 1.54) is 0 Å². The van der Waals surface area contributed by atoms with Gasteiger partial charge in [-0.3, -0.25) is 4.79 Å². The van der Waals surface area contributed by atoms with E-state index >= 15 is 0 Å². The molecule has 1 aliphatic carbocycles. The van der Waals surface area contributed by atoms with Crippen LogP contribution >= 0.6 is 46.4 Å². The SMILES string of the molecule is O=C(Nc1c(Cl)c(C2CC2)nn1-c1ccccc1)C(Cl)(Cl)Cl. The van der Waals surface area contributed by atoms with Crippen molar-refractivity contribution in [1.82, 2.24) is 9.78 Å². The maximum absolute atomic E-state index is 12.0. The van der Waals surface area contributed by atoms with Gasteiger partial charge in [-0.15, -0.1) is 0 Å². The van der Waals surface area contributed by atoms with E-state index in [1.54, 1.807) is 4.68 Å². The number of aromatic nitrogens is 2. The number of hydrogen-bond acceptors (Lipinski definition) is 2. The zero-order valence-corrected chi connectivity index (χ0v) is 14.2. The number of hydrogen-bond donors (Lipinski definition) is 1. The lowest BCUT2D eigenvalue weighted by Gasteiger charge is -2.13. The fourth-order valence-electron chi connectivity index (χ4n) is 2.08. The summed E-state index contributed by atoms with van der Waals surface area (Å²) in [5.41, 5.74) is 1.51. The first-order valence-electron chi connectivity index (χ1n) is 6.60. The Hall–Kier alpha value is -0.940. The van der Waals surface area contributed by atoms with Crippen molar-refractivity contribution < 1.29 is 4.79 Å². The third-order valence-electron chi connectivity index (χ3n) is 3.31. The van der Waals surface area contributed by atoms with Crippen molar-refractivity contribution in [3.63, 3.8) is 0 Å².